The summed E-state index contributed by atoms with van der Waals surface area (Å²) >= 11 is 0. The maximum atomic E-state index is 12.2. The van der Waals surface area contributed by atoms with Crippen LogP contribution in [0.3, 0.4) is 0 Å². The van der Waals surface area contributed by atoms with Crippen LogP contribution in [0, 0.1) is 13.8 Å². The first-order valence-corrected chi connectivity index (χ1v) is 10.2. The maximum Gasteiger partial charge on any atom is 0.349 e. The van der Waals surface area contributed by atoms with Gasteiger partial charge in [-0.15, -0.1) is 0 Å². The quantitative estimate of drug-likeness (QED) is 0.276. The second-order valence-corrected chi connectivity index (χ2v) is 7.28. The topological polar surface area (TPSA) is 61.8 Å². The van der Waals surface area contributed by atoms with Crippen molar-refractivity contribution in [2.24, 2.45) is 0 Å². The van der Waals surface area contributed by atoms with E-state index in [0.717, 1.165) is 24.0 Å². The van der Waals surface area contributed by atoms with E-state index in [4.69, 9.17) is 14.2 Å². The number of rotatable bonds is 9. The third-order valence-electron chi connectivity index (χ3n) is 4.68. The minimum atomic E-state index is -0.517. The maximum absolute atomic E-state index is 12.2. The van der Waals surface area contributed by atoms with Crippen LogP contribution in [0.2, 0.25) is 0 Å². The Kier molecular flexibility index (Phi) is 7.82. The van der Waals surface area contributed by atoms with Crippen molar-refractivity contribution in [3.63, 3.8) is 0 Å². The second-order valence-electron chi connectivity index (χ2n) is 7.28. The van der Waals surface area contributed by atoms with Crippen molar-refractivity contribution in [1.82, 2.24) is 0 Å². The molecular weight excluding hydrogens is 392 g/mol. The summed E-state index contributed by atoms with van der Waals surface area (Å²) in [6.45, 7) is 4.07. The fourth-order valence-corrected chi connectivity index (χ4v) is 3.09. The zero-order valence-electron chi connectivity index (χ0n) is 17.8. The molecule has 3 aromatic carbocycles. The first-order valence-electron chi connectivity index (χ1n) is 10.2. The summed E-state index contributed by atoms with van der Waals surface area (Å²) in [6, 6.07) is 22.1. The average Bonchev–Trinajstić information content (AvgIpc) is 2.77. The monoisotopic (exact) mass is 418 g/mol. The van der Waals surface area contributed by atoms with Crippen molar-refractivity contribution < 1.29 is 23.8 Å². The van der Waals surface area contributed by atoms with Gasteiger partial charge < -0.3 is 14.2 Å². The molecule has 0 bridgehead atoms. The van der Waals surface area contributed by atoms with Crippen LogP contribution < -0.4 is 9.47 Å². The van der Waals surface area contributed by atoms with E-state index in [-0.39, 0.29) is 6.61 Å². The van der Waals surface area contributed by atoms with Gasteiger partial charge in [0.15, 0.2) is 6.61 Å². The fraction of sp³-hybridized carbons (Fsp3) is 0.231. The van der Waals surface area contributed by atoms with Gasteiger partial charge in [0, 0.05) is 0 Å². The van der Waals surface area contributed by atoms with Crippen LogP contribution in [0.5, 0.6) is 11.5 Å². The number of ether oxygens (including phenoxy) is 3. The lowest BCUT2D eigenvalue weighted by molar-refractivity contribution is -0.136. The molecule has 0 atom stereocenters. The zero-order chi connectivity index (χ0) is 22.1. The molecule has 3 aromatic rings. The largest absolute Gasteiger partial charge is 0.482 e. The molecule has 160 valence electrons. The Bertz CT molecular complexity index is 1010. The van der Waals surface area contributed by atoms with E-state index < -0.39 is 11.9 Å². The van der Waals surface area contributed by atoms with Gasteiger partial charge in [0.05, 0.1) is 12.2 Å². The van der Waals surface area contributed by atoms with E-state index in [0.29, 0.717) is 23.7 Å². The highest BCUT2D eigenvalue weighted by atomic mass is 16.6. The molecule has 0 aliphatic rings. The van der Waals surface area contributed by atoms with E-state index in [1.54, 1.807) is 24.3 Å². The van der Waals surface area contributed by atoms with Crippen molar-refractivity contribution in [1.29, 1.82) is 0 Å². The Morgan fingerprint density at radius 2 is 1.61 bits per heavy atom. The first-order chi connectivity index (χ1) is 15.0. The molecule has 0 heterocycles. The Labute approximate surface area is 182 Å². The summed E-state index contributed by atoms with van der Waals surface area (Å²) in [4.78, 5) is 24.2. The summed E-state index contributed by atoms with van der Waals surface area (Å²) in [5.41, 5.74) is 3.71. The molecule has 5 heteroatoms. The van der Waals surface area contributed by atoms with Gasteiger partial charge >= 0.3 is 11.9 Å². The minimum absolute atomic E-state index is 0.199. The molecular formula is C26H26O5. The number of hydrogen-bond donors (Lipinski definition) is 0. The molecule has 5 nitrogen and oxygen atoms in total. The van der Waals surface area contributed by atoms with Crippen LogP contribution in [0.4, 0.5) is 0 Å². The third kappa shape index (κ3) is 7.00. The van der Waals surface area contributed by atoms with Gasteiger partial charge in [-0.3, -0.25) is 0 Å². The molecule has 0 fully saturated rings. The highest BCUT2D eigenvalue weighted by Gasteiger charge is 2.10. The first kappa shape index (κ1) is 22.1. The van der Waals surface area contributed by atoms with E-state index in [2.05, 4.69) is 12.1 Å². The number of aryl methyl sites for hydroxylation is 3. The van der Waals surface area contributed by atoms with Crippen LogP contribution in [0.15, 0.2) is 72.8 Å². The summed E-state index contributed by atoms with van der Waals surface area (Å²) in [7, 11) is 0. The molecule has 0 aromatic heterocycles. The fourth-order valence-electron chi connectivity index (χ4n) is 3.09. The standard InChI is InChI=1S/C26H26O5/c1-19-10-15-24(20(2)17-19)30-18-25(27)31-23-13-11-22(12-14-23)26(28)29-16-6-9-21-7-4-3-5-8-21/h3-5,7-8,10-15,17H,6,9,16,18H2,1-2H3. The lowest BCUT2D eigenvalue weighted by Crippen LogP contribution is -2.18. The van der Waals surface area contributed by atoms with Gasteiger partial charge in [-0.1, -0.05) is 48.0 Å². The zero-order valence-corrected chi connectivity index (χ0v) is 17.8. The summed E-state index contributed by atoms with van der Waals surface area (Å²) in [5.74, 6) is 0.0723. The Morgan fingerprint density at radius 1 is 0.871 bits per heavy atom. The van der Waals surface area contributed by atoms with E-state index in [9.17, 15) is 9.59 Å². The van der Waals surface area contributed by atoms with E-state index >= 15 is 0 Å². The molecule has 0 N–H and O–H groups in total. The molecule has 0 unspecified atom stereocenters. The van der Waals surface area contributed by atoms with Gasteiger partial charge in [0.1, 0.15) is 11.5 Å². The lowest BCUT2D eigenvalue weighted by Gasteiger charge is -2.10. The molecule has 31 heavy (non-hydrogen) atoms. The molecule has 0 aliphatic heterocycles. The number of carbonyl (C=O) groups is 2. The van der Waals surface area contributed by atoms with Crippen molar-refractivity contribution in [3.8, 4) is 11.5 Å². The van der Waals surface area contributed by atoms with Crippen molar-refractivity contribution in [2.75, 3.05) is 13.2 Å². The van der Waals surface area contributed by atoms with Crippen LogP contribution in [0.25, 0.3) is 0 Å². The van der Waals surface area contributed by atoms with Crippen LogP contribution in [0.1, 0.15) is 33.5 Å². The number of esters is 2. The minimum Gasteiger partial charge on any atom is -0.482 e. The third-order valence-corrected chi connectivity index (χ3v) is 4.68. The van der Waals surface area contributed by atoms with Crippen LogP contribution in [-0.2, 0) is 16.0 Å². The SMILES string of the molecule is Cc1ccc(OCC(=O)Oc2ccc(C(=O)OCCCc3ccccc3)cc2)c(C)c1. The Morgan fingerprint density at radius 3 is 2.32 bits per heavy atom. The summed E-state index contributed by atoms with van der Waals surface area (Å²) < 4.78 is 16.1. The van der Waals surface area contributed by atoms with Gasteiger partial charge in [-0.25, -0.2) is 9.59 Å². The normalized spacial score (nSPS) is 10.4. The number of benzene rings is 3. The molecule has 0 aliphatic carbocycles. The van der Waals surface area contributed by atoms with Gasteiger partial charge in [-0.05, 0) is 68.1 Å². The predicted octanol–water partition coefficient (Wildman–Crippen LogP) is 5.08. The highest BCUT2D eigenvalue weighted by molar-refractivity contribution is 5.89. The Balaban J connectivity index is 1.41. The van der Waals surface area contributed by atoms with Gasteiger partial charge in [0.2, 0.25) is 0 Å². The highest BCUT2D eigenvalue weighted by Crippen LogP contribution is 2.19. The molecule has 0 saturated heterocycles. The van der Waals surface area contributed by atoms with E-state index in [1.807, 2.05) is 50.2 Å². The van der Waals surface area contributed by atoms with Crippen molar-refractivity contribution >= 4 is 11.9 Å². The summed E-state index contributed by atoms with van der Waals surface area (Å²) in [6.07, 6.45) is 1.61. The predicted molar refractivity (Wildman–Crippen MR) is 119 cm³/mol. The molecule has 0 radical (unpaired) electrons. The number of hydrogen-bond acceptors (Lipinski definition) is 5. The smallest absolute Gasteiger partial charge is 0.349 e. The van der Waals surface area contributed by atoms with Gasteiger partial charge in [-0.2, -0.15) is 0 Å². The second kappa shape index (κ2) is 11.0. The van der Waals surface area contributed by atoms with Crippen molar-refractivity contribution in [3.05, 3.63) is 95.1 Å². The molecule has 0 amide bonds. The number of carbonyl (C=O) groups excluding carboxylic acids is 2. The van der Waals surface area contributed by atoms with Gasteiger partial charge in [0.25, 0.3) is 0 Å². The summed E-state index contributed by atoms with van der Waals surface area (Å²) in [5, 5.41) is 0. The lowest BCUT2D eigenvalue weighted by atomic mass is 10.1. The molecule has 3 rings (SSSR count). The molecule has 0 spiro atoms. The van der Waals surface area contributed by atoms with E-state index in [1.165, 1.54) is 5.56 Å². The van der Waals surface area contributed by atoms with Crippen molar-refractivity contribution in [2.45, 2.75) is 26.7 Å². The molecule has 0 saturated carbocycles. The Hall–Kier alpha value is -3.60. The van der Waals surface area contributed by atoms with Crippen LogP contribution >= 0.6 is 0 Å². The van der Waals surface area contributed by atoms with Crippen LogP contribution in [-0.4, -0.2) is 25.2 Å². The average molecular weight is 418 g/mol.